The number of nitrogens with zero attached hydrogens (tertiary/aromatic N) is 1. The van der Waals surface area contributed by atoms with Crippen LogP contribution < -0.4 is 9.62 Å². The maximum atomic E-state index is 13.1. The minimum Gasteiger partial charge on any atom is -0.453 e. The number of alkyl carbamates (subject to hydrolysis) is 1. The minimum absolute atomic E-state index is 0.0565. The van der Waals surface area contributed by atoms with Crippen LogP contribution in [-0.2, 0) is 21.2 Å². The van der Waals surface area contributed by atoms with Gasteiger partial charge in [-0.1, -0.05) is 0 Å². The van der Waals surface area contributed by atoms with Gasteiger partial charge in [-0.25, -0.2) is 26.4 Å². The smallest absolute Gasteiger partial charge is 0.406 e. The van der Waals surface area contributed by atoms with E-state index in [9.17, 15) is 26.4 Å². The second-order valence-corrected chi connectivity index (χ2v) is 8.55. The SMILES string of the molecule is COC(=O)NCCc1ccc(S(=O)(=O)N(CC(F)F)c2ccc(F)cc2)s1. The van der Waals surface area contributed by atoms with Crippen molar-refractivity contribution in [2.45, 2.75) is 17.1 Å². The molecule has 2 rings (SSSR count). The van der Waals surface area contributed by atoms with Crippen molar-refractivity contribution < 1.29 is 31.1 Å². The highest BCUT2D eigenvalue weighted by Crippen LogP contribution is 2.29. The summed E-state index contributed by atoms with van der Waals surface area (Å²) < 4.78 is 69.5. The summed E-state index contributed by atoms with van der Waals surface area (Å²) in [5, 5.41) is 2.46. The number of sulfonamides is 1. The minimum atomic E-state index is -4.25. The number of halogens is 3. The predicted octanol–water partition coefficient (Wildman–Crippen LogP) is 3.25. The number of rotatable bonds is 8. The Morgan fingerprint density at radius 3 is 2.48 bits per heavy atom. The summed E-state index contributed by atoms with van der Waals surface area (Å²) in [5.41, 5.74) is -0.0565. The van der Waals surface area contributed by atoms with Gasteiger partial charge in [-0.05, 0) is 42.8 Å². The molecule has 1 amide bonds. The van der Waals surface area contributed by atoms with E-state index in [-0.39, 0.29) is 16.4 Å². The highest BCUT2D eigenvalue weighted by Gasteiger charge is 2.29. The first kappa shape index (κ1) is 21.0. The van der Waals surface area contributed by atoms with Crippen molar-refractivity contribution in [3.05, 3.63) is 47.1 Å². The van der Waals surface area contributed by atoms with Gasteiger partial charge in [-0.15, -0.1) is 11.3 Å². The van der Waals surface area contributed by atoms with E-state index in [0.717, 1.165) is 35.6 Å². The van der Waals surface area contributed by atoms with Gasteiger partial charge in [0.25, 0.3) is 16.4 Å². The Labute approximate surface area is 158 Å². The molecule has 0 bridgehead atoms. The van der Waals surface area contributed by atoms with Gasteiger partial charge in [0, 0.05) is 11.4 Å². The number of carbonyl (C=O) groups is 1. The van der Waals surface area contributed by atoms with Crippen LogP contribution >= 0.6 is 11.3 Å². The van der Waals surface area contributed by atoms with Crippen molar-refractivity contribution in [3.63, 3.8) is 0 Å². The van der Waals surface area contributed by atoms with E-state index < -0.39 is 34.9 Å². The number of alkyl halides is 2. The molecule has 11 heteroatoms. The molecule has 0 aliphatic heterocycles. The number of methoxy groups -OCH3 is 1. The molecule has 1 aromatic carbocycles. The Morgan fingerprint density at radius 2 is 1.89 bits per heavy atom. The lowest BCUT2D eigenvalue weighted by Crippen LogP contribution is -2.34. The van der Waals surface area contributed by atoms with Crippen molar-refractivity contribution in [2.75, 3.05) is 24.5 Å². The molecular formula is C16H17F3N2O4S2. The first-order valence-corrected chi connectivity index (χ1v) is 9.96. The molecule has 0 fully saturated rings. The molecule has 1 aromatic heterocycles. The van der Waals surface area contributed by atoms with E-state index in [1.165, 1.54) is 13.2 Å². The Bertz CT molecular complexity index is 870. The van der Waals surface area contributed by atoms with E-state index in [1.54, 1.807) is 6.07 Å². The summed E-state index contributed by atoms with van der Waals surface area (Å²) in [7, 11) is -3.03. The number of nitrogens with one attached hydrogen (secondary N) is 1. The van der Waals surface area contributed by atoms with Crippen molar-refractivity contribution in [3.8, 4) is 0 Å². The largest absolute Gasteiger partial charge is 0.453 e. The number of thiophene rings is 1. The number of benzene rings is 1. The van der Waals surface area contributed by atoms with E-state index >= 15 is 0 Å². The zero-order chi connectivity index (χ0) is 20.0. The third kappa shape index (κ3) is 5.60. The third-order valence-electron chi connectivity index (χ3n) is 3.43. The molecular weight excluding hydrogens is 405 g/mol. The van der Waals surface area contributed by atoms with E-state index in [4.69, 9.17) is 0 Å². The molecule has 0 unspecified atom stereocenters. The molecule has 0 saturated heterocycles. The summed E-state index contributed by atoms with van der Waals surface area (Å²) in [6.07, 6.45) is -3.17. The number of anilines is 1. The maximum absolute atomic E-state index is 13.1. The molecule has 0 spiro atoms. The number of ether oxygens (including phenoxy) is 1. The average molecular weight is 422 g/mol. The van der Waals surface area contributed by atoms with Crippen LogP contribution in [0.3, 0.4) is 0 Å². The quantitative estimate of drug-likeness (QED) is 0.709. The molecule has 0 radical (unpaired) electrons. The van der Waals surface area contributed by atoms with Gasteiger partial charge in [-0.3, -0.25) is 4.31 Å². The van der Waals surface area contributed by atoms with E-state index in [2.05, 4.69) is 10.1 Å². The fourth-order valence-electron chi connectivity index (χ4n) is 2.17. The van der Waals surface area contributed by atoms with Crippen molar-refractivity contribution in [2.24, 2.45) is 0 Å². The lowest BCUT2D eigenvalue weighted by Gasteiger charge is -2.23. The topological polar surface area (TPSA) is 75.7 Å². The monoisotopic (exact) mass is 422 g/mol. The molecule has 0 aliphatic carbocycles. The van der Waals surface area contributed by atoms with Crippen LogP contribution in [0.5, 0.6) is 0 Å². The van der Waals surface area contributed by atoms with E-state index in [1.807, 2.05) is 0 Å². The lowest BCUT2D eigenvalue weighted by atomic mass is 10.3. The number of amides is 1. The van der Waals surface area contributed by atoms with E-state index in [0.29, 0.717) is 15.6 Å². The second-order valence-electron chi connectivity index (χ2n) is 5.29. The summed E-state index contributed by atoms with van der Waals surface area (Å²) in [4.78, 5) is 11.6. The summed E-state index contributed by atoms with van der Waals surface area (Å²) >= 11 is 0.912. The molecule has 0 atom stereocenters. The molecule has 2 aromatic rings. The molecule has 0 aliphatic rings. The summed E-state index contributed by atoms with van der Waals surface area (Å²) in [6, 6.07) is 7.12. The Balaban J connectivity index is 2.22. The van der Waals surface area contributed by atoms with Gasteiger partial charge >= 0.3 is 6.09 Å². The van der Waals surface area contributed by atoms with Gasteiger partial charge < -0.3 is 10.1 Å². The Hall–Kier alpha value is -2.27. The van der Waals surface area contributed by atoms with Crippen LogP contribution in [0.4, 0.5) is 23.7 Å². The van der Waals surface area contributed by atoms with Crippen LogP contribution in [-0.4, -0.2) is 41.1 Å². The first-order valence-electron chi connectivity index (χ1n) is 7.71. The van der Waals surface area contributed by atoms with Crippen LogP contribution in [0.25, 0.3) is 0 Å². The normalized spacial score (nSPS) is 11.4. The van der Waals surface area contributed by atoms with Crippen LogP contribution in [0, 0.1) is 5.82 Å². The lowest BCUT2D eigenvalue weighted by molar-refractivity contribution is 0.159. The average Bonchev–Trinajstić information content (AvgIpc) is 3.10. The second kappa shape index (κ2) is 9.09. The standard InChI is InChI=1S/C16H17F3N2O4S2/c1-25-16(22)20-9-8-13-6-7-15(26-13)27(23,24)21(10-14(18)19)12-4-2-11(17)3-5-12/h2-7,14H,8-10H2,1H3,(H,20,22). The summed E-state index contributed by atoms with van der Waals surface area (Å²) in [5.74, 6) is -0.607. The number of hydrogen-bond donors (Lipinski definition) is 1. The van der Waals surface area contributed by atoms with Crippen LogP contribution in [0.15, 0.2) is 40.6 Å². The molecule has 27 heavy (non-hydrogen) atoms. The van der Waals surface area contributed by atoms with Crippen molar-refractivity contribution in [1.82, 2.24) is 5.32 Å². The number of carbonyl (C=O) groups excluding carboxylic acids is 1. The Morgan fingerprint density at radius 1 is 1.22 bits per heavy atom. The van der Waals surface area contributed by atoms with Crippen molar-refractivity contribution >= 4 is 33.1 Å². The predicted molar refractivity (Wildman–Crippen MR) is 95.4 cm³/mol. The maximum Gasteiger partial charge on any atom is 0.406 e. The summed E-state index contributed by atoms with van der Waals surface area (Å²) in [6.45, 7) is -0.823. The fourth-order valence-corrected chi connectivity index (χ4v) is 5.09. The van der Waals surface area contributed by atoms with Gasteiger partial charge in [-0.2, -0.15) is 0 Å². The Kier molecular flexibility index (Phi) is 7.08. The number of hydrogen-bond acceptors (Lipinski definition) is 5. The van der Waals surface area contributed by atoms with Crippen LogP contribution in [0.1, 0.15) is 4.88 Å². The van der Waals surface area contributed by atoms with Gasteiger partial charge in [0.1, 0.15) is 10.0 Å². The van der Waals surface area contributed by atoms with Gasteiger partial charge in [0.05, 0.1) is 19.3 Å². The molecule has 148 valence electrons. The third-order valence-corrected chi connectivity index (χ3v) is 6.83. The van der Waals surface area contributed by atoms with Gasteiger partial charge in [0.2, 0.25) is 0 Å². The molecule has 0 saturated carbocycles. The first-order chi connectivity index (χ1) is 12.7. The molecule has 6 nitrogen and oxygen atoms in total. The van der Waals surface area contributed by atoms with Gasteiger partial charge in [0.15, 0.2) is 0 Å². The zero-order valence-corrected chi connectivity index (χ0v) is 15.8. The highest BCUT2D eigenvalue weighted by atomic mass is 32.2. The zero-order valence-electron chi connectivity index (χ0n) is 14.2. The van der Waals surface area contributed by atoms with Crippen LogP contribution in [0.2, 0.25) is 0 Å². The fraction of sp³-hybridized carbons (Fsp3) is 0.312. The highest BCUT2D eigenvalue weighted by molar-refractivity contribution is 7.94. The van der Waals surface area contributed by atoms with Crippen molar-refractivity contribution in [1.29, 1.82) is 0 Å². The molecule has 1 heterocycles. The molecule has 1 N–H and O–H groups in total.